The number of fused-ring (bicyclic) bond motifs is 3. The number of Topliss-reactive ketones (excluding diaryl/α,β-unsaturated/α-hetero) is 2. The van der Waals surface area contributed by atoms with Gasteiger partial charge in [-0.25, -0.2) is 0 Å². The molecule has 1 unspecified atom stereocenters. The number of nitrogens with one attached hydrogen (secondary N) is 1. The molecule has 234 valence electrons. The van der Waals surface area contributed by atoms with Crippen LogP contribution in [0.25, 0.3) is 11.1 Å². The molecule has 1 amide bonds. The predicted molar refractivity (Wildman–Crippen MR) is 151 cm³/mol. The SMILES string of the molecule is CN(C)C1C(O)=C(C(N)=O)C(=O)[C@@]2(O)C(O)=C3C(=O)c4c(O)ccc(-c5ccc(CNCCC(F)(F)F)cc5)c4C[C@H]3C[C@@H]12. The molecular weight excluding hydrogens is 583 g/mol. The number of ketones is 2. The Hall–Kier alpha value is -4.20. The number of amides is 1. The van der Waals surface area contributed by atoms with Gasteiger partial charge in [-0.15, -0.1) is 0 Å². The zero-order valence-corrected chi connectivity index (χ0v) is 23.9. The summed E-state index contributed by atoms with van der Waals surface area (Å²) >= 11 is 0. The molecular formula is C31H32F3N3O7. The summed E-state index contributed by atoms with van der Waals surface area (Å²) in [4.78, 5) is 40.9. The van der Waals surface area contributed by atoms with E-state index in [1.54, 1.807) is 44.4 Å². The number of alkyl halides is 3. The van der Waals surface area contributed by atoms with Crippen LogP contribution in [0.4, 0.5) is 13.2 Å². The summed E-state index contributed by atoms with van der Waals surface area (Å²) < 4.78 is 37.3. The highest BCUT2D eigenvalue weighted by molar-refractivity contribution is 6.24. The Kier molecular flexibility index (Phi) is 7.85. The third-order valence-electron chi connectivity index (χ3n) is 8.79. The van der Waals surface area contributed by atoms with Gasteiger partial charge in [0.05, 0.1) is 18.0 Å². The first kappa shape index (κ1) is 31.2. The number of halogens is 3. The summed E-state index contributed by atoms with van der Waals surface area (Å²) in [5.74, 6) is -7.22. The summed E-state index contributed by atoms with van der Waals surface area (Å²) in [5.41, 5.74) is 3.88. The van der Waals surface area contributed by atoms with E-state index in [2.05, 4.69) is 5.32 Å². The van der Waals surface area contributed by atoms with Gasteiger partial charge in [0.15, 0.2) is 11.4 Å². The molecule has 0 aromatic heterocycles. The third-order valence-corrected chi connectivity index (χ3v) is 8.79. The van der Waals surface area contributed by atoms with E-state index in [1.165, 1.54) is 11.0 Å². The summed E-state index contributed by atoms with van der Waals surface area (Å²) in [6.45, 7) is -0.0103. The molecule has 3 aliphatic rings. The van der Waals surface area contributed by atoms with Gasteiger partial charge in [-0.1, -0.05) is 30.3 Å². The van der Waals surface area contributed by atoms with Gasteiger partial charge < -0.3 is 31.5 Å². The quantitative estimate of drug-likeness (QED) is 0.202. The summed E-state index contributed by atoms with van der Waals surface area (Å²) in [7, 11) is 3.11. The highest BCUT2D eigenvalue weighted by Gasteiger charge is 2.63. The van der Waals surface area contributed by atoms with Crippen LogP contribution in [0.2, 0.25) is 0 Å². The molecule has 0 bridgehead atoms. The van der Waals surface area contributed by atoms with Crippen LogP contribution in [-0.4, -0.2) is 81.3 Å². The van der Waals surface area contributed by atoms with Crippen molar-refractivity contribution in [2.24, 2.45) is 17.6 Å². The van der Waals surface area contributed by atoms with Crippen molar-refractivity contribution in [3.63, 3.8) is 0 Å². The van der Waals surface area contributed by atoms with Crippen molar-refractivity contribution in [2.45, 2.75) is 43.6 Å². The van der Waals surface area contributed by atoms with Gasteiger partial charge in [-0.05, 0) is 61.2 Å². The number of benzene rings is 2. The Balaban J connectivity index is 1.53. The van der Waals surface area contributed by atoms with Gasteiger partial charge in [0, 0.05) is 24.6 Å². The number of nitrogens with zero attached hydrogens (tertiary/aromatic N) is 1. The molecule has 5 rings (SSSR count). The molecule has 0 spiro atoms. The lowest BCUT2D eigenvalue weighted by Crippen LogP contribution is -2.63. The second kappa shape index (κ2) is 11.1. The molecule has 4 atom stereocenters. The number of carbonyl (C=O) groups excluding carboxylic acids is 3. The van der Waals surface area contributed by atoms with Gasteiger partial charge in [-0.3, -0.25) is 19.3 Å². The van der Waals surface area contributed by atoms with E-state index in [1.807, 2.05) is 0 Å². The Labute approximate surface area is 250 Å². The fourth-order valence-corrected chi connectivity index (χ4v) is 6.79. The second-order valence-electron chi connectivity index (χ2n) is 11.7. The second-order valence-corrected chi connectivity index (χ2v) is 11.7. The maximum Gasteiger partial charge on any atom is 0.390 e. The van der Waals surface area contributed by atoms with Crippen LogP contribution >= 0.6 is 0 Å². The first-order valence-corrected chi connectivity index (χ1v) is 13.9. The van der Waals surface area contributed by atoms with Crippen LogP contribution in [-0.2, 0) is 22.6 Å². The molecule has 13 heteroatoms. The highest BCUT2D eigenvalue weighted by atomic mass is 19.4. The van der Waals surface area contributed by atoms with Crippen molar-refractivity contribution in [1.82, 2.24) is 10.2 Å². The minimum atomic E-state index is -4.25. The maximum atomic E-state index is 13.9. The maximum absolute atomic E-state index is 13.9. The average Bonchev–Trinajstić information content (AvgIpc) is 2.93. The monoisotopic (exact) mass is 615 g/mol. The minimum Gasteiger partial charge on any atom is -0.510 e. The number of phenols is 1. The fourth-order valence-electron chi connectivity index (χ4n) is 6.79. The molecule has 0 radical (unpaired) electrons. The fraction of sp³-hybridized carbons (Fsp3) is 0.387. The molecule has 10 nitrogen and oxygen atoms in total. The van der Waals surface area contributed by atoms with E-state index in [0.717, 1.165) is 5.56 Å². The lowest BCUT2D eigenvalue weighted by Gasteiger charge is -2.50. The molecule has 0 fully saturated rings. The van der Waals surface area contributed by atoms with E-state index >= 15 is 0 Å². The van der Waals surface area contributed by atoms with E-state index in [-0.39, 0.29) is 42.8 Å². The van der Waals surface area contributed by atoms with Crippen molar-refractivity contribution in [2.75, 3.05) is 20.6 Å². The molecule has 0 saturated heterocycles. The number of aromatic hydroxyl groups is 1. The number of carbonyl (C=O) groups is 3. The molecule has 2 aromatic carbocycles. The molecule has 2 aromatic rings. The molecule has 0 saturated carbocycles. The van der Waals surface area contributed by atoms with E-state index in [4.69, 9.17) is 5.73 Å². The van der Waals surface area contributed by atoms with Crippen LogP contribution in [0, 0.1) is 11.8 Å². The number of nitrogens with two attached hydrogens (primary N) is 1. The first-order chi connectivity index (χ1) is 20.6. The number of aliphatic hydroxyl groups excluding tert-OH is 2. The first-order valence-electron chi connectivity index (χ1n) is 13.9. The predicted octanol–water partition coefficient (Wildman–Crippen LogP) is 2.83. The third kappa shape index (κ3) is 5.04. The standard InChI is InChI=1S/C31H32F3N3O7/c1-37(2)24-19-12-16-11-18-17(15-5-3-14(4-6-15)13-36-10-9-30(32,33)34)7-8-20(38)22(18)25(39)21(16)27(41)31(19,44)28(42)23(26(24)40)29(35)43/h3-8,16,19,24,36,38,40-41,44H,9-13H2,1-2H3,(H2,35,43)/t16-,19-,24?,31-/m0/s1. The van der Waals surface area contributed by atoms with Crippen molar-refractivity contribution in [1.29, 1.82) is 0 Å². The molecule has 0 heterocycles. The van der Waals surface area contributed by atoms with Gasteiger partial charge in [0.2, 0.25) is 5.78 Å². The smallest absolute Gasteiger partial charge is 0.390 e. The van der Waals surface area contributed by atoms with Crippen LogP contribution in [0.5, 0.6) is 5.75 Å². The largest absolute Gasteiger partial charge is 0.510 e. The Morgan fingerprint density at radius 1 is 1.09 bits per heavy atom. The molecule has 3 aliphatic carbocycles. The molecule has 0 aliphatic heterocycles. The number of hydrogen-bond acceptors (Lipinski definition) is 9. The number of rotatable bonds is 7. The Morgan fingerprint density at radius 3 is 2.34 bits per heavy atom. The van der Waals surface area contributed by atoms with Crippen LogP contribution in [0.3, 0.4) is 0 Å². The van der Waals surface area contributed by atoms with Crippen molar-refractivity contribution >= 4 is 17.5 Å². The van der Waals surface area contributed by atoms with Crippen molar-refractivity contribution in [3.05, 3.63) is 75.8 Å². The summed E-state index contributed by atoms with van der Waals surface area (Å²) in [5, 5.41) is 47.5. The van der Waals surface area contributed by atoms with E-state index in [9.17, 15) is 48.0 Å². The zero-order valence-electron chi connectivity index (χ0n) is 23.9. The van der Waals surface area contributed by atoms with E-state index < -0.39 is 70.6 Å². The van der Waals surface area contributed by atoms with Crippen molar-refractivity contribution in [3.8, 4) is 16.9 Å². The van der Waals surface area contributed by atoms with Gasteiger partial charge in [0.25, 0.3) is 5.91 Å². The van der Waals surface area contributed by atoms with Gasteiger partial charge >= 0.3 is 6.18 Å². The number of allylic oxidation sites excluding steroid dienone is 1. The zero-order chi connectivity index (χ0) is 32.3. The number of aliphatic hydroxyl groups is 3. The lowest BCUT2D eigenvalue weighted by molar-refractivity contribution is -0.148. The Morgan fingerprint density at radius 2 is 1.75 bits per heavy atom. The lowest BCUT2D eigenvalue weighted by atomic mass is 9.58. The van der Waals surface area contributed by atoms with E-state index in [0.29, 0.717) is 16.7 Å². The number of likely N-dealkylation sites (N-methyl/N-ethyl adjacent to an activating group) is 1. The molecule has 7 N–H and O–H groups in total. The normalized spacial score (nSPS) is 25.2. The Bertz CT molecular complexity index is 1610. The van der Waals surface area contributed by atoms with Crippen LogP contribution in [0.15, 0.2) is 59.1 Å². The van der Waals surface area contributed by atoms with Crippen LogP contribution in [0.1, 0.15) is 34.3 Å². The highest BCUT2D eigenvalue weighted by Crippen LogP contribution is 2.53. The van der Waals surface area contributed by atoms with Crippen LogP contribution < -0.4 is 11.1 Å². The number of hydrogen-bond donors (Lipinski definition) is 6. The number of primary amides is 1. The van der Waals surface area contributed by atoms with Gasteiger partial charge in [-0.2, -0.15) is 13.2 Å². The molecule has 44 heavy (non-hydrogen) atoms. The van der Waals surface area contributed by atoms with Gasteiger partial charge in [0.1, 0.15) is 22.8 Å². The topological polar surface area (TPSA) is 173 Å². The van der Waals surface area contributed by atoms with Crippen molar-refractivity contribution < 1.29 is 48.0 Å². The summed E-state index contributed by atoms with van der Waals surface area (Å²) in [6.07, 6.45) is -5.11. The number of phenolic OH excluding ortho intramolecular Hbond substituents is 1. The minimum absolute atomic E-state index is 0.0383. The summed E-state index contributed by atoms with van der Waals surface area (Å²) in [6, 6.07) is 8.81. The average molecular weight is 616 g/mol.